The smallest absolute Gasteiger partial charge is 0.307 e. The molecule has 0 spiro atoms. The normalized spacial score (nSPS) is 13.0. The van der Waals surface area contributed by atoms with Gasteiger partial charge in [0.15, 0.2) is 0 Å². The van der Waals surface area contributed by atoms with E-state index in [4.69, 9.17) is 10.3 Å². The Morgan fingerprint density at radius 1 is 1.30 bits per heavy atom. The van der Waals surface area contributed by atoms with Gasteiger partial charge >= 0.3 is 5.97 Å². The Kier molecular flexibility index (Phi) is 4.00. The van der Waals surface area contributed by atoms with Crippen molar-refractivity contribution in [3.05, 3.63) is 47.0 Å². The maximum absolute atomic E-state index is 11.2. The topological polar surface area (TPSA) is 73.1 Å². The van der Waals surface area contributed by atoms with Gasteiger partial charge in [-0.05, 0) is 24.1 Å². The summed E-state index contributed by atoms with van der Waals surface area (Å²) in [5.41, 5.74) is 4.72. The second kappa shape index (κ2) is 5.96. The van der Waals surface area contributed by atoms with Crippen LogP contribution in [0.4, 0.5) is 11.4 Å². The molecule has 0 radical (unpaired) electrons. The lowest BCUT2D eigenvalue weighted by Crippen LogP contribution is -2.18. The average Bonchev–Trinajstić information content (AvgIpc) is 2.51. The number of hydrogen-bond donors (Lipinski definition) is 2. The quantitative estimate of drug-likeness (QED) is 0.511. The first-order chi connectivity index (χ1) is 11.0. The van der Waals surface area contributed by atoms with E-state index in [9.17, 15) is 4.79 Å². The number of anilines is 2. The number of nitrogens with zero attached hydrogens (tertiary/aromatic N) is 2. The summed E-state index contributed by atoms with van der Waals surface area (Å²) in [7, 11) is 1.97. The van der Waals surface area contributed by atoms with Crippen LogP contribution in [0.2, 0.25) is 0 Å². The number of hydrogen-bond acceptors (Lipinski definition) is 5. The molecule has 5 nitrogen and oxygen atoms in total. The third kappa shape index (κ3) is 2.66. The Morgan fingerprint density at radius 3 is 2.78 bits per heavy atom. The van der Waals surface area contributed by atoms with Crippen LogP contribution in [0, 0.1) is 6.92 Å². The molecule has 0 aromatic heterocycles. The molecule has 0 saturated heterocycles. The minimum Gasteiger partial charge on any atom is -0.481 e. The number of aryl methyl sites for hydroxylation is 1. The van der Waals surface area contributed by atoms with E-state index < -0.39 is 5.97 Å². The molecule has 118 valence electrons. The van der Waals surface area contributed by atoms with Gasteiger partial charge in [-0.2, -0.15) is 0 Å². The molecule has 0 amide bonds. The molecule has 23 heavy (non-hydrogen) atoms. The zero-order valence-corrected chi connectivity index (χ0v) is 13.6. The maximum Gasteiger partial charge on any atom is 0.307 e. The summed E-state index contributed by atoms with van der Waals surface area (Å²) < 4.78 is 0. The van der Waals surface area contributed by atoms with Gasteiger partial charge in [-0.3, -0.25) is 4.79 Å². The third-order valence-electron chi connectivity index (χ3n) is 3.88. The van der Waals surface area contributed by atoms with E-state index in [0.29, 0.717) is 0 Å². The van der Waals surface area contributed by atoms with Crippen LogP contribution in [0.25, 0.3) is 0 Å². The van der Waals surface area contributed by atoms with Crippen LogP contribution in [-0.4, -0.2) is 29.5 Å². The molecule has 0 saturated carbocycles. The summed E-state index contributed by atoms with van der Waals surface area (Å²) in [5.74, 6) is -0.852. The molecule has 2 aromatic carbocycles. The van der Waals surface area contributed by atoms with Gasteiger partial charge in [0.25, 0.3) is 0 Å². The average molecular weight is 328 g/mol. The highest BCUT2D eigenvalue weighted by atomic mass is 32.2. The van der Waals surface area contributed by atoms with Crippen LogP contribution < -0.4 is 4.90 Å². The lowest BCUT2D eigenvalue weighted by atomic mass is 10.0. The number of carboxylic acids is 1. The van der Waals surface area contributed by atoms with Crippen LogP contribution in [0.5, 0.6) is 0 Å². The van der Waals surface area contributed by atoms with Crippen LogP contribution in [0.3, 0.4) is 0 Å². The molecular formula is C17H16N2O3S. The molecule has 3 rings (SSSR count). The van der Waals surface area contributed by atoms with Crippen LogP contribution in [0.1, 0.15) is 16.7 Å². The van der Waals surface area contributed by atoms with Crippen molar-refractivity contribution in [1.82, 2.24) is 0 Å². The fourth-order valence-corrected chi connectivity index (χ4v) is 4.27. The molecule has 0 bridgehead atoms. The first-order valence-electron chi connectivity index (χ1n) is 7.09. The first-order valence-corrected chi connectivity index (χ1v) is 7.91. The van der Waals surface area contributed by atoms with E-state index in [0.717, 1.165) is 37.9 Å². The Hall–Kier alpha value is -2.47. The second-order valence-electron chi connectivity index (χ2n) is 5.39. The number of oxime groups is 1. The van der Waals surface area contributed by atoms with E-state index in [2.05, 4.69) is 10.1 Å². The van der Waals surface area contributed by atoms with Gasteiger partial charge in [-0.15, -0.1) is 0 Å². The van der Waals surface area contributed by atoms with E-state index >= 15 is 0 Å². The van der Waals surface area contributed by atoms with Gasteiger partial charge in [0.05, 0.1) is 24.0 Å². The van der Waals surface area contributed by atoms with Gasteiger partial charge in [-0.1, -0.05) is 41.2 Å². The van der Waals surface area contributed by atoms with Crippen LogP contribution in [-0.2, 0) is 11.2 Å². The monoisotopic (exact) mass is 328 g/mol. The molecule has 0 unspecified atom stereocenters. The SMILES string of the molecule is Cc1ccc(CC(=O)O)c2c1N(C)c1cccc(C=NO)c1S2. The van der Waals surface area contributed by atoms with Crippen molar-refractivity contribution in [1.29, 1.82) is 0 Å². The van der Waals surface area contributed by atoms with Crippen molar-refractivity contribution in [2.75, 3.05) is 11.9 Å². The lowest BCUT2D eigenvalue weighted by Gasteiger charge is -2.33. The number of carbonyl (C=O) groups is 1. The molecule has 1 heterocycles. The summed E-state index contributed by atoms with van der Waals surface area (Å²) in [6.07, 6.45) is 1.38. The zero-order valence-electron chi connectivity index (χ0n) is 12.8. The van der Waals surface area contributed by atoms with Crippen molar-refractivity contribution >= 4 is 35.3 Å². The molecule has 1 aliphatic heterocycles. The highest BCUT2D eigenvalue weighted by Crippen LogP contribution is 2.51. The lowest BCUT2D eigenvalue weighted by molar-refractivity contribution is -0.136. The highest BCUT2D eigenvalue weighted by Gasteiger charge is 2.26. The minimum absolute atomic E-state index is 0.0188. The van der Waals surface area contributed by atoms with Crippen molar-refractivity contribution in [2.24, 2.45) is 5.16 Å². The predicted octanol–water partition coefficient (Wildman–Crippen LogP) is 3.66. The number of rotatable bonds is 3. The Morgan fingerprint density at radius 2 is 2.09 bits per heavy atom. The van der Waals surface area contributed by atoms with Gasteiger partial charge in [0.1, 0.15) is 0 Å². The summed E-state index contributed by atoms with van der Waals surface area (Å²) >= 11 is 1.53. The number of benzene rings is 2. The van der Waals surface area contributed by atoms with Crippen LogP contribution >= 0.6 is 11.8 Å². The van der Waals surface area contributed by atoms with Gasteiger partial charge in [0, 0.05) is 22.4 Å². The molecule has 1 aliphatic rings. The van der Waals surface area contributed by atoms with Gasteiger partial charge in [-0.25, -0.2) is 0 Å². The molecule has 0 fully saturated rings. The van der Waals surface area contributed by atoms with E-state index in [1.54, 1.807) is 0 Å². The highest BCUT2D eigenvalue weighted by molar-refractivity contribution is 8.00. The maximum atomic E-state index is 11.2. The molecular weight excluding hydrogens is 312 g/mol. The number of fused-ring (bicyclic) bond motifs is 2. The zero-order chi connectivity index (χ0) is 16.6. The first kappa shape index (κ1) is 15.4. The Labute approximate surface area is 138 Å². The summed E-state index contributed by atoms with van der Waals surface area (Å²) in [4.78, 5) is 15.1. The van der Waals surface area contributed by atoms with Crippen molar-refractivity contribution in [3.63, 3.8) is 0 Å². The standard InChI is InChI=1S/C17H16N2O3S/c1-10-6-7-11(8-14(20)21)17-15(10)19(2)13-5-3-4-12(9-18-22)16(13)23-17/h3-7,9,22H,8H2,1-2H3,(H,20,21). The van der Waals surface area contributed by atoms with Crippen LogP contribution in [0.15, 0.2) is 45.3 Å². The van der Waals surface area contributed by atoms with Crippen molar-refractivity contribution in [2.45, 2.75) is 23.1 Å². The molecule has 0 atom stereocenters. The van der Waals surface area contributed by atoms with Crippen molar-refractivity contribution < 1.29 is 15.1 Å². The molecule has 0 aliphatic carbocycles. The fourth-order valence-electron chi connectivity index (χ4n) is 2.85. The number of aliphatic carboxylic acids is 1. The third-order valence-corrected chi connectivity index (χ3v) is 5.19. The van der Waals surface area contributed by atoms with E-state index in [1.165, 1.54) is 18.0 Å². The van der Waals surface area contributed by atoms with Crippen molar-refractivity contribution in [3.8, 4) is 0 Å². The van der Waals surface area contributed by atoms with E-state index in [-0.39, 0.29) is 6.42 Å². The Bertz CT molecular complexity index is 818. The largest absolute Gasteiger partial charge is 0.481 e. The summed E-state index contributed by atoms with van der Waals surface area (Å²) in [6, 6.07) is 9.61. The predicted molar refractivity (Wildman–Crippen MR) is 90.5 cm³/mol. The Balaban J connectivity index is 2.20. The molecule has 6 heteroatoms. The second-order valence-corrected chi connectivity index (χ2v) is 6.41. The van der Waals surface area contributed by atoms with Gasteiger partial charge in [0.2, 0.25) is 0 Å². The minimum atomic E-state index is -0.852. The van der Waals surface area contributed by atoms with Gasteiger partial charge < -0.3 is 15.2 Å². The summed E-state index contributed by atoms with van der Waals surface area (Å²) in [5, 5.41) is 21.2. The fraction of sp³-hybridized carbons (Fsp3) is 0.176. The molecule has 2 N–H and O–H groups in total. The number of carboxylic acid groups (broad SMARTS) is 1. The van der Waals surface area contributed by atoms with E-state index in [1.807, 2.05) is 44.3 Å². The summed E-state index contributed by atoms with van der Waals surface area (Å²) in [6.45, 7) is 2.02. The molecule has 2 aromatic rings.